The molecule has 0 spiro atoms. The van der Waals surface area contributed by atoms with Gasteiger partial charge in [0.05, 0.1) is 6.54 Å². The topological polar surface area (TPSA) is 58.6 Å². The van der Waals surface area contributed by atoms with Crippen LogP contribution < -0.4 is 10.1 Å². The number of nitrogens with one attached hydrogen (secondary N) is 1. The number of nitrogens with zero attached hydrogens (tertiary/aromatic N) is 1. The van der Waals surface area contributed by atoms with E-state index in [1.807, 2.05) is 37.3 Å². The molecule has 0 bridgehead atoms. The van der Waals surface area contributed by atoms with Gasteiger partial charge in [0.1, 0.15) is 12.4 Å². The third kappa shape index (κ3) is 4.84. The molecule has 0 fully saturated rings. The molecule has 5 nitrogen and oxygen atoms in total. The molecule has 5 heteroatoms. The molecule has 0 aliphatic carbocycles. The Morgan fingerprint density at radius 2 is 2.13 bits per heavy atom. The maximum absolute atomic E-state index is 12.3. The fourth-order valence-electron chi connectivity index (χ4n) is 2.52. The van der Waals surface area contributed by atoms with Crippen LogP contribution in [0.25, 0.3) is 0 Å². The molecule has 1 aliphatic rings. The molecule has 124 valence electrons. The predicted molar refractivity (Wildman–Crippen MR) is 89.0 cm³/mol. The van der Waals surface area contributed by atoms with Gasteiger partial charge in [-0.25, -0.2) is 0 Å². The molecular weight excluding hydrogens is 292 g/mol. The van der Waals surface area contributed by atoms with Gasteiger partial charge in [-0.1, -0.05) is 31.2 Å². The summed E-state index contributed by atoms with van der Waals surface area (Å²) < 4.78 is 5.66. The average Bonchev–Trinajstić information content (AvgIpc) is 2.77. The Morgan fingerprint density at radius 1 is 1.35 bits per heavy atom. The van der Waals surface area contributed by atoms with E-state index in [-0.39, 0.29) is 11.8 Å². The molecule has 0 atom stereocenters. The molecule has 0 aromatic heterocycles. The molecule has 2 rings (SSSR count). The molecule has 1 heterocycles. The van der Waals surface area contributed by atoms with Gasteiger partial charge in [0.25, 0.3) is 0 Å². The summed E-state index contributed by atoms with van der Waals surface area (Å²) in [6, 6.07) is 7.77. The zero-order chi connectivity index (χ0) is 16.7. The molecule has 1 N–H and O–H groups in total. The van der Waals surface area contributed by atoms with Crippen LogP contribution in [0.15, 0.2) is 35.9 Å². The molecule has 0 saturated heterocycles. The second-order valence-electron chi connectivity index (χ2n) is 5.57. The van der Waals surface area contributed by atoms with Crippen LogP contribution in [0.5, 0.6) is 5.75 Å². The van der Waals surface area contributed by atoms with Crippen molar-refractivity contribution in [1.82, 2.24) is 10.2 Å². The van der Waals surface area contributed by atoms with Gasteiger partial charge in [-0.15, -0.1) is 0 Å². The van der Waals surface area contributed by atoms with Crippen molar-refractivity contribution in [3.8, 4) is 5.75 Å². The van der Waals surface area contributed by atoms with Crippen molar-refractivity contribution in [3.63, 3.8) is 0 Å². The largest absolute Gasteiger partial charge is 0.491 e. The van der Waals surface area contributed by atoms with Crippen LogP contribution in [-0.2, 0) is 16.1 Å². The second-order valence-corrected chi connectivity index (χ2v) is 5.57. The van der Waals surface area contributed by atoms with E-state index in [0.29, 0.717) is 38.2 Å². The van der Waals surface area contributed by atoms with E-state index in [9.17, 15) is 9.59 Å². The zero-order valence-electron chi connectivity index (χ0n) is 13.8. The fourth-order valence-corrected chi connectivity index (χ4v) is 2.52. The first kappa shape index (κ1) is 17.1. The summed E-state index contributed by atoms with van der Waals surface area (Å²) in [5.74, 6) is 0.767. The summed E-state index contributed by atoms with van der Waals surface area (Å²) >= 11 is 0. The van der Waals surface area contributed by atoms with E-state index < -0.39 is 0 Å². The lowest BCUT2D eigenvalue weighted by Crippen LogP contribution is -2.35. The summed E-state index contributed by atoms with van der Waals surface area (Å²) in [6.07, 6.45) is 3.00. The summed E-state index contributed by atoms with van der Waals surface area (Å²) in [5.41, 5.74) is 1.71. The second kappa shape index (κ2) is 8.36. The molecule has 2 amide bonds. The van der Waals surface area contributed by atoms with E-state index in [1.165, 1.54) is 0 Å². The standard InChI is InChI=1S/C18H24N2O3/c1-3-6-14(2)18(22)19-10-9-17(21)20-11-12-23-16-8-5-4-7-15(16)13-20/h4-8H,3,9-13H2,1-2H3,(H,19,22)/b14-6+. The molecule has 1 aliphatic heterocycles. The van der Waals surface area contributed by atoms with Crippen LogP contribution in [-0.4, -0.2) is 36.4 Å². The first-order valence-electron chi connectivity index (χ1n) is 8.05. The number of rotatable bonds is 5. The molecule has 0 saturated carbocycles. The average molecular weight is 316 g/mol. The Hall–Kier alpha value is -2.30. The fraction of sp³-hybridized carbons (Fsp3) is 0.444. The number of amides is 2. The van der Waals surface area contributed by atoms with Crippen LogP contribution in [0.4, 0.5) is 0 Å². The number of para-hydroxylation sites is 1. The minimum atomic E-state index is -0.107. The van der Waals surface area contributed by atoms with Gasteiger partial charge in [-0.2, -0.15) is 0 Å². The number of hydrogen-bond acceptors (Lipinski definition) is 3. The van der Waals surface area contributed by atoms with Gasteiger partial charge in [-0.05, 0) is 19.4 Å². The lowest BCUT2D eigenvalue weighted by atomic mass is 10.2. The third-order valence-corrected chi connectivity index (χ3v) is 3.80. The van der Waals surface area contributed by atoms with Crippen molar-refractivity contribution in [3.05, 3.63) is 41.5 Å². The van der Waals surface area contributed by atoms with Crippen molar-refractivity contribution >= 4 is 11.8 Å². The smallest absolute Gasteiger partial charge is 0.246 e. The number of carbonyl (C=O) groups is 2. The molecule has 0 unspecified atom stereocenters. The number of hydrogen-bond donors (Lipinski definition) is 1. The number of benzene rings is 1. The number of fused-ring (bicyclic) bond motifs is 1. The SMILES string of the molecule is CC/C=C(\C)C(=O)NCCC(=O)N1CCOc2ccccc2C1. The Balaban J connectivity index is 1.84. The molecule has 23 heavy (non-hydrogen) atoms. The van der Waals surface area contributed by atoms with Gasteiger partial charge in [0.2, 0.25) is 11.8 Å². The Morgan fingerprint density at radius 3 is 2.91 bits per heavy atom. The minimum absolute atomic E-state index is 0.0303. The molecule has 0 radical (unpaired) electrons. The predicted octanol–water partition coefficient (Wildman–Crippen LogP) is 2.27. The summed E-state index contributed by atoms with van der Waals surface area (Å²) in [5, 5.41) is 2.79. The quantitative estimate of drug-likeness (QED) is 0.848. The van der Waals surface area contributed by atoms with Gasteiger partial charge in [-0.3, -0.25) is 9.59 Å². The number of allylic oxidation sites excluding steroid dienone is 1. The Kier molecular flexibility index (Phi) is 6.20. The van der Waals surface area contributed by atoms with Crippen molar-refractivity contribution in [2.45, 2.75) is 33.2 Å². The number of ether oxygens (including phenoxy) is 1. The van der Waals surface area contributed by atoms with Gasteiger partial charge in [0.15, 0.2) is 0 Å². The highest BCUT2D eigenvalue weighted by Crippen LogP contribution is 2.22. The van der Waals surface area contributed by atoms with Gasteiger partial charge in [0, 0.05) is 30.6 Å². The van der Waals surface area contributed by atoms with Crippen LogP contribution in [0.1, 0.15) is 32.3 Å². The Labute approximate surface area is 137 Å². The van der Waals surface area contributed by atoms with Crippen molar-refractivity contribution < 1.29 is 14.3 Å². The lowest BCUT2D eigenvalue weighted by Gasteiger charge is -2.20. The monoisotopic (exact) mass is 316 g/mol. The van der Waals surface area contributed by atoms with E-state index in [1.54, 1.807) is 11.8 Å². The van der Waals surface area contributed by atoms with E-state index in [0.717, 1.165) is 17.7 Å². The molecular formula is C18H24N2O3. The van der Waals surface area contributed by atoms with Gasteiger partial charge >= 0.3 is 0 Å². The third-order valence-electron chi connectivity index (χ3n) is 3.80. The normalized spacial score (nSPS) is 14.5. The van der Waals surface area contributed by atoms with Crippen LogP contribution >= 0.6 is 0 Å². The van der Waals surface area contributed by atoms with E-state index in [2.05, 4.69) is 5.32 Å². The van der Waals surface area contributed by atoms with E-state index >= 15 is 0 Å². The highest BCUT2D eigenvalue weighted by Gasteiger charge is 2.19. The van der Waals surface area contributed by atoms with E-state index in [4.69, 9.17) is 4.74 Å². The summed E-state index contributed by atoms with van der Waals surface area (Å²) in [7, 11) is 0. The van der Waals surface area contributed by atoms with Gasteiger partial charge < -0.3 is 15.0 Å². The highest BCUT2D eigenvalue weighted by molar-refractivity contribution is 5.93. The first-order valence-corrected chi connectivity index (χ1v) is 8.05. The highest BCUT2D eigenvalue weighted by atomic mass is 16.5. The minimum Gasteiger partial charge on any atom is -0.491 e. The molecule has 1 aromatic carbocycles. The van der Waals surface area contributed by atoms with Crippen molar-refractivity contribution in [1.29, 1.82) is 0 Å². The maximum Gasteiger partial charge on any atom is 0.246 e. The van der Waals surface area contributed by atoms with Crippen molar-refractivity contribution in [2.75, 3.05) is 19.7 Å². The lowest BCUT2D eigenvalue weighted by molar-refractivity contribution is -0.131. The summed E-state index contributed by atoms with van der Waals surface area (Å²) in [6.45, 7) is 5.73. The zero-order valence-corrected chi connectivity index (χ0v) is 13.8. The van der Waals surface area contributed by atoms with Crippen LogP contribution in [0.3, 0.4) is 0 Å². The van der Waals surface area contributed by atoms with Crippen LogP contribution in [0, 0.1) is 0 Å². The maximum atomic E-state index is 12.3. The Bertz CT molecular complexity index is 596. The summed E-state index contributed by atoms with van der Waals surface area (Å²) in [4.78, 5) is 25.9. The van der Waals surface area contributed by atoms with Crippen molar-refractivity contribution in [2.24, 2.45) is 0 Å². The number of carbonyl (C=O) groups excluding carboxylic acids is 2. The van der Waals surface area contributed by atoms with Crippen LogP contribution in [0.2, 0.25) is 0 Å². The molecule has 1 aromatic rings. The first-order chi connectivity index (χ1) is 11.1.